The minimum absolute atomic E-state index is 0.335. The zero-order valence-electron chi connectivity index (χ0n) is 14.6. The summed E-state index contributed by atoms with van der Waals surface area (Å²) in [6.07, 6.45) is 10.3. The van der Waals surface area contributed by atoms with Crippen LogP contribution in [0.25, 0.3) is 33.4 Å². The van der Waals surface area contributed by atoms with Crippen LogP contribution in [0.3, 0.4) is 0 Å². The van der Waals surface area contributed by atoms with Gasteiger partial charge in [-0.1, -0.05) is 6.92 Å². The van der Waals surface area contributed by atoms with Crippen molar-refractivity contribution < 1.29 is 0 Å². The summed E-state index contributed by atoms with van der Waals surface area (Å²) < 4.78 is 1.95. The first-order valence-electron chi connectivity index (χ1n) is 8.48. The molecule has 0 radical (unpaired) electrons. The lowest BCUT2D eigenvalue weighted by molar-refractivity contribution is 0.532. The molecule has 126 valence electrons. The van der Waals surface area contributed by atoms with Crippen molar-refractivity contribution in [2.75, 3.05) is 0 Å². The Morgan fingerprint density at radius 3 is 2.72 bits per heavy atom. The van der Waals surface area contributed by atoms with Crippen molar-refractivity contribution in [3.63, 3.8) is 0 Å². The van der Waals surface area contributed by atoms with E-state index in [1.807, 2.05) is 29.3 Å². The van der Waals surface area contributed by atoms with Crippen molar-refractivity contribution in [3.05, 3.63) is 48.9 Å². The van der Waals surface area contributed by atoms with Gasteiger partial charge in [-0.3, -0.25) is 4.68 Å². The number of pyridine rings is 1. The summed E-state index contributed by atoms with van der Waals surface area (Å²) in [6.45, 7) is 6.32. The van der Waals surface area contributed by atoms with E-state index in [1.165, 1.54) is 0 Å². The molecule has 0 aromatic carbocycles. The fourth-order valence-corrected chi connectivity index (χ4v) is 2.88. The van der Waals surface area contributed by atoms with Crippen molar-refractivity contribution >= 4 is 11.0 Å². The molecule has 0 saturated heterocycles. The number of aromatic nitrogens is 6. The highest BCUT2D eigenvalue weighted by atomic mass is 15.3. The molecule has 0 spiro atoms. The molecule has 25 heavy (non-hydrogen) atoms. The van der Waals surface area contributed by atoms with Crippen LogP contribution in [0.15, 0.2) is 43.2 Å². The molecule has 6 heteroatoms. The highest BCUT2D eigenvalue weighted by Crippen LogP contribution is 2.30. The number of hydrogen-bond acceptors (Lipinski definition) is 4. The average molecular weight is 332 g/mol. The van der Waals surface area contributed by atoms with E-state index in [0.717, 1.165) is 45.5 Å². The Bertz CT molecular complexity index is 1030. The predicted molar refractivity (Wildman–Crippen MR) is 98.1 cm³/mol. The van der Waals surface area contributed by atoms with Gasteiger partial charge in [0.15, 0.2) is 0 Å². The molecular weight excluding hydrogens is 312 g/mol. The zero-order valence-corrected chi connectivity index (χ0v) is 14.6. The summed E-state index contributed by atoms with van der Waals surface area (Å²) in [5.74, 6) is 0. The van der Waals surface area contributed by atoms with Crippen molar-refractivity contribution in [3.8, 4) is 22.4 Å². The van der Waals surface area contributed by atoms with Crippen molar-refractivity contribution in [2.24, 2.45) is 0 Å². The summed E-state index contributed by atoms with van der Waals surface area (Å²) in [7, 11) is 0. The lowest BCUT2D eigenvalue weighted by Crippen LogP contribution is -1.99. The minimum atomic E-state index is 0.335. The van der Waals surface area contributed by atoms with Crippen molar-refractivity contribution in [2.45, 2.75) is 33.2 Å². The highest BCUT2D eigenvalue weighted by molar-refractivity contribution is 5.94. The number of aryl methyl sites for hydroxylation is 1. The first kappa shape index (κ1) is 15.5. The lowest BCUT2D eigenvalue weighted by atomic mass is 10.1. The molecule has 0 aliphatic rings. The van der Waals surface area contributed by atoms with Crippen LogP contribution in [-0.4, -0.2) is 29.7 Å². The number of nitrogens with one attached hydrogen (secondary N) is 1. The average Bonchev–Trinajstić information content (AvgIpc) is 3.28. The second-order valence-electron chi connectivity index (χ2n) is 6.37. The Morgan fingerprint density at radius 1 is 1.08 bits per heavy atom. The smallest absolute Gasteiger partial charge is 0.137 e. The molecule has 0 bridgehead atoms. The third-order valence-corrected chi connectivity index (χ3v) is 4.36. The van der Waals surface area contributed by atoms with Gasteiger partial charge in [-0.2, -0.15) is 5.10 Å². The maximum Gasteiger partial charge on any atom is 0.137 e. The Balaban J connectivity index is 1.81. The number of hydrogen-bond donors (Lipinski definition) is 1. The van der Waals surface area contributed by atoms with E-state index in [1.54, 1.807) is 6.33 Å². The minimum Gasteiger partial charge on any atom is -0.345 e. The molecule has 6 nitrogen and oxygen atoms in total. The van der Waals surface area contributed by atoms with Crippen LogP contribution in [-0.2, 0) is 6.42 Å². The summed E-state index contributed by atoms with van der Waals surface area (Å²) in [5.41, 5.74) is 5.94. The molecule has 4 rings (SSSR count). The Hall–Kier alpha value is -3.02. The molecule has 4 heterocycles. The fraction of sp³-hybridized carbons (Fsp3) is 0.263. The van der Waals surface area contributed by atoms with Gasteiger partial charge in [-0.05, 0) is 32.4 Å². The Labute approximate surface area is 146 Å². The third kappa shape index (κ3) is 2.80. The monoisotopic (exact) mass is 332 g/mol. The number of H-pyrrole nitrogens is 1. The molecule has 0 saturated carbocycles. The van der Waals surface area contributed by atoms with Crippen LogP contribution in [0.2, 0.25) is 0 Å². The summed E-state index contributed by atoms with van der Waals surface area (Å²) >= 11 is 0. The van der Waals surface area contributed by atoms with Gasteiger partial charge in [-0.25, -0.2) is 15.0 Å². The summed E-state index contributed by atoms with van der Waals surface area (Å²) in [4.78, 5) is 16.5. The molecule has 0 aliphatic carbocycles. The second-order valence-corrected chi connectivity index (χ2v) is 6.37. The molecule has 0 unspecified atom stereocenters. The molecule has 4 aromatic rings. The van der Waals surface area contributed by atoms with Crippen LogP contribution >= 0.6 is 0 Å². The largest absolute Gasteiger partial charge is 0.345 e. The summed E-state index contributed by atoms with van der Waals surface area (Å²) in [5, 5.41) is 5.47. The van der Waals surface area contributed by atoms with Crippen molar-refractivity contribution in [1.82, 2.24) is 29.7 Å². The molecule has 0 aliphatic heterocycles. The standard InChI is InChI=1S/C19H20N6/c1-4-15-6-18(23-11-22-15)17-9-21-19-16(17)5-13(7-20-19)14-8-24-25(10-14)12(2)3/h5-12H,4H2,1-3H3,(H,20,21). The molecular formula is C19H20N6. The second kappa shape index (κ2) is 6.12. The third-order valence-electron chi connectivity index (χ3n) is 4.36. The zero-order chi connectivity index (χ0) is 17.4. The van der Waals surface area contributed by atoms with Crippen LogP contribution in [0, 0.1) is 0 Å². The molecule has 1 N–H and O–H groups in total. The van der Waals surface area contributed by atoms with E-state index in [2.05, 4.69) is 58.1 Å². The molecule has 0 amide bonds. The molecule has 0 atom stereocenters. The highest BCUT2D eigenvalue weighted by Gasteiger charge is 2.12. The quantitative estimate of drug-likeness (QED) is 0.612. The van der Waals surface area contributed by atoms with Gasteiger partial charge in [-0.15, -0.1) is 0 Å². The van der Waals surface area contributed by atoms with Gasteiger partial charge in [0.25, 0.3) is 0 Å². The van der Waals surface area contributed by atoms with Gasteiger partial charge in [0.05, 0.1) is 11.9 Å². The van der Waals surface area contributed by atoms with E-state index < -0.39 is 0 Å². The van der Waals surface area contributed by atoms with Gasteiger partial charge in [0.1, 0.15) is 12.0 Å². The Kier molecular flexibility index (Phi) is 3.80. The van der Waals surface area contributed by atoms with Gasteiger partial charge >= 0.3 is 0 Å². The molecule has 4 aromatic heterocycles. The van der Waals surface area contributed by atoms with Crippen molar-refractivity contribution in [1.29, 1.82) is 0 Å². The maximum atomic E-state index is 4.56. The van der Waals surface area contributed by atoms with E-state index in [-0.39, 0.29) is 0 Å². The fourth-order valence-electron chi connectivity index (χ4n) is 2.88. The van der Waals surface area contributed by atoms with Gasteiger partial charge in [0, 0.05) is 52.4 Å². The first-order chi connectivity index (χ1) is 12.2. The van der Waals surface area contributed by atoms with E-state index >= 15 is 0 Å². The van der Waals surface area contributed by atoms with E-state index in [0.29, 0.717) is 6.04 Å². The molecule has 0 fully saturated rings. The number of nitrogens with zero attached hydrogens (tertiary/aromatic N) is 5. The van der Waals surface area contributed by atoms with Crippen LogP contribution in [0.5, 0.6) is 0 Å². The van der Waals surface area contributed by atoms with E-state index in [9.17, 15) is 0 Å². The number of fused-ring (bicyclic) bond motifs is 1. The van der Waals surface area contributed by atoms with Gasteiger partial charge in [0.2, 0.25) is 0 Å². The van der Waals surface area contributed by atoms with Crippen LogP contribution < -0.4 is 0 Å². The summed E-state index contributed by atoms with van der Waals surface area (Å²) in [6, 6.07) is 4.51. The first-order valence-corrected chi connectivity index (χ1v) is 8.48. The topological polar surface area (TPSA) is 72.3 Å². The number of aromatic amines is 1. The lowest BCUT2D eigenvalue weighted by Gasteiger charge is -2.04. The van der Waals surface area contributed by atoms with Crippen LogP contribution in [0.4, 0.5) is 0 Å². The Morgan fingerprint density at radius 2 is 1.96 bits per heavy atom. The van der Waals surface area contributed by atoms with Crippen LogP contribution in [0.1, 0.15) is 32.5 Å². The maximum absolute atomic E-state index is 4.56. The normalized spacial score (nSPS) is 11.5. The predicted octanol–water partition coefficient (Wildman–Crippen LogP) is 4.03. The van der Waals surface area contributed by atoms with E-state index in [4.69, 9.17) is 0 Å². The SMILES string of the molecule is CCc1cc(-c2c[nH]c3ncc(-c4cnn(C(C)C)c4)cc23)ncn1. The number of rotatable bonds is 4. The van der Waals surface area contributed by atoms with Gasteiger partial charge < -0.3 is 4.98 Å².